The van der Waals surface area contributed by atoms with Crippen LogP contribution >= 0.6 is 11.6 Å². The highest BCUT2D eigenvalue weighted by atomic mass is 35.5. The summed E-state index contributed by atoms with van der Waals surface area (Å²) in [5, 5.41) is -0.915. The van der Waals surface area contributed by atoms with Crippen LogP contribution in [0.3, 0.4) is 0 Å². The molecule has 0 N–H and O–H groups in total. The summed E-state index contributed by atoms with van der Waals surface area (Å²) in [6.45, 7) is 0. The van der Waals surface area contributed by atoms with E-state index in [2.05, 4.69) is 9.97 Å². The van der Waals surface area contributed by atoms with E-state index in [1.54, 1.807) is 0 Å². The summed E-state index contributed by atoms with van der Waals surface area (Å²) in [5.74, 6) is -6.78. The fourth-order valence-electron chi connectivity index (χ4n) is 1.34. The van der Waals surface area contributed by atoms with E-state index >= 15 is 0 Å². The van der Waals surface area contributed by atoms with Crippen LogP contribution in [-0.4, -0.2) is 16.4 Å². The molecular formula is C10H4ClF5N2. The first-order valence-electron chi connectivity index (χ1n) is 4.62. The van der Waals surface area contributed by atoms with Gasteiger partial charge in [0.1, 0.15) is 11.0 Å². The third-order valence-corrected chi connectivity index (χ3v) is 2.47. The minimum Gasteiger partial charge on any atom is -0.227 e. The third kappa shape index (κ3) is 1.98. The smallest absolute Gasteiger partial charge is 0.227 e. The van der Waals surface area contributed by atoms with Crippen molar-refractivity contribution in [1.82, 2.24) is 9.97 Å². The molecule has 0 radical (unpaired) electrons. The summed E-state index contributed by atoms with van der Waals surface area (Å²) in [4.78, 5) is 6.26. The fraction of sp³-hybridized carbons (Fsp3) is 0.200. The van der Waals surface area contributed by atoms with Gasteiger partial charge in [-0.3, -0.25) is 0 Å². The van der Waals surface area contributed by atoms with Gasteiger partial charge >= 0.3 is 12.3 Å². The Kier molecular flexibility index (Phi) is 3.10. The van der Waals surface area contributed by atoms with Gasteiger partial charge in [0.25, 0.3) is 0 Å². The maximum atomic E-state index is 13.3. The highest BCUT2D eigenvalue weighted by Crippen LogP contribution is 2.34. The Labute approximate surface area is 102 Å². The molecule has 2 rings (SSSR count). The van der Waals surface area contributed by atoms with Crippen LogP contribution in [0.2, 0.25) is 5.15 Å². The van der Waals surface area contributed by atoms with Crippen LogP contribution in [0, 0.1) is 5.82 Å². The molecule has 1 heterocycles. The van der Waals surface area contributed by atoms with Crippen LogP contribution in [0.15, 0.2) is 18.2 Å². The number of benzene rings is 1. The van der Waals surface area contributed by atoms with Crippen molar-refractivity contribution in [1.29, 1.82) is 0 Å². The first-order chi connectivity index (χ1) is 8.34. The first-order valence-corrected chi connectivity index (χ1v) is 5.00. The Morgan fingerprint density at radius 2 is 1.83 bits per heavy atom. The van der Waals surface area contributed by atoms with Gasteiger partial charge < -0.3 is 0 Å². The predicted molar refractivity (Wildman–Crippen MR) is 54.4 cm³/mol. The van der Waals surface area contributed by atoms with Gasteiger partial charge in [0.05, 0.1) is 10.9 Å². The second kappa shape index (κ2) is 4.31. The number of rotatable bonds is 2. The van der Waals surface area contributed by atoms with Gasteiger partial charge in [-0.1, -0.05) is 17.7 Å². The fourth-order valence-corrected chi connectivity index (χ4v) is 1.61. The molecule has 0 fully saturated rings. The average Bonchev–Trinajstić information content (AvgIpc) is 2.28. The van der Waals surface area contributed by atoms with Crippen LogP contribution in [-0.2, 0) is 5.92 Å². The standard InChI is InChI=1S/C10H4ClF5N2/c11-7-6-4(12)2-1-3-5(6)17-9(18-7)10(15,16)8(13)14/h1-3,8H. The highest BCUT2D eigenvalue weighted by molar-refractivity contribution is 6.34. The topological polar surface area (TPSA) is 25.8 Å². The molecule has 0 bridgehead atoms. The Bertz CT molecular complexity index is 602. The van der Waals surface area contributed by atoms with Gasteiger partial charge in [0.2, 0.25) is 5.82 Å². The molecule has 0 saturated carbocycles. The Morgan fingerprint density at radius 3 is 2.44 bits per heavy atom. The number of aromatic nitrogens is 2. The highest BCUT2D eigenvalue weighted by Gasteiger charge is 2.46. The normalized spacial score (nSPS) is 12.4. The summed E-state index contributed by atoms with van der Waals surface area (Å²) in [5.41, 5.74) is -0.259. The van der Waals surface area contributed by atoms with Gasteiger partial charge in [0.15, 0.2) is 0 Å². The molecule has 1 aromatic heterocycles. The molecular weight excluding hydrogens is 279 g/mol. The largest absolute Gasteiger partial charge is 0.365 e. The summed E-state index contributed by atoms with van der Waals surface area (Å²) < 4.78 is 63.8. The average molecular weight is 283 g/mol. The van der Waals surface area contributed by atoms with E-state index in [1.165, 1.54) is 12.1 Å². The monoisotopic (exact) mass is 282 g/mol. The van der Waals surface area contributed by atoms with Crippen LogP contribution < -0.4 is 0 Å². The van der Waals surface area contributed by atoms with E-state index in [1.807, 2.05) is 0 Å². The lowest BCUT2D eigenvalue weighted by molar-refractivity contribution is -0.140. The van der Waals surface area contributed by atoms with Crippen molar-refractivity contribution in [3.05, 3.63) is 35.0 Å². The molecule has 8 heteroatoms. The van der Waals surface area contributed by atoms with Crippen molar-refractivity contribution in [2.24, 2.45) is 0 Å². The van der Waals surface area contributed by atoms with E-state index in [0.717, 1.165) is 6.07 Å². The lowest BCUT2D eigenvalue weighted by atomic mass is 10.2. The third-order valence-electron chi connectivity index (χ3n) is 2.20. The quantitative estimate of drug-likeness (QED) is 0.619. The molecule has 96 valence electrons. The molecule has 1 aromatic carbocycles. The molecule has 2 nitrogen and oxygen atoms in total. The molecule has 0 aliphatic carbocycles. The lowest BCUT2D eigenvalue weighted by Gasteiger charge is -2.14. The second-order valence-corrected chi connectivity index (χ2v) is 3.75. The minimum absolute atomic E-state index is 0.259. The van der Waals surface area contributed by atoms with Gasteiger partial charge in [0, 0.05) is 0 Å². The SMILES string of the molecule is Fc1cccc2nc(C(F)(F)C(F)F)nc(Cl)c12. The molecule has 0 aliphatic heterocycles. The zero-order valence-electron chi connectivity index (χ0n) is 8.47. The maximum Gasteiger partial charge on any atom is 0.365 e. The maximum absolute atomic E-state index is 13.3. The summed E-state index contributed by atoms with van der Waals surface area (Å²) in [7, 11) is 0. The molecule has 0 amide bonds. The summed E-state index contributed by atoms with van der Waals surface area (Å²) in [6, 6.07) is 3.41. The number of fused-ring (bicyclic) bond motifs is 1. The number of nitrogens with zero attached hydrogens (tertiary/aromatic N) is 2. The van der Waals surface area contributed by atoms with Gasteiger partial charge in [-0.2, -0.15) is 8.78 Å². The van der Waals surface area contributed by atoms with Crippen molar-refractivity contribution in [2.75, 3.05) is 0 Å². The molecule has 0 spiro atoms. The summed E-state index contributed by atoms with van der Waals surface area (Å²) in [6.07, 6.45) is -3.97. The van der Waals surface area contributed by atoms with Crippen molar-refractivity contribution in [2.45, 2.75) is 12.3 Å². The molecule has 2 aromatic rings. The molecule has 0 aliphatic rings. The Balaban J connectivity index is 2.71. The number of alkyl halides is 4. The minimum atomic E-state index is -4.54. The zero-order chi connectivity index (χ0) is 13.5. The van der Waals surface area contributed by atoms with E-state index in [0.29, 0.717) is 0 Å². The van der Waals surface area contributed by atoms with E-state index in [9.17, 15) is 22.0 Å². The van der Waals surface area contributed by atoms with Crippen molar-refractivity contribution in [3.63, 3.8) is 0 Å². The van der Waals surface area contributed by atoms with Gasteiger partial charge in [-0.05, 0) is 12.1 Å². The van der Waals surface area contributed by atoms with E-state index in [-0.39, 0.29) is 10.9 Å². The Morgan fingerprint density at radius 1 is 1.17 bits per heavy atom. The molecule has 0 saturated heterocycles. The van der Waals surface area contributed by atoms with Crippen LogP contribution in [0.25, 0.3) is 10.9 Å². The van der Waals surface area contributed by atoms with Crippen LogP contribution in [0.1, 0.15) is 5.82 Å². The van der Waals surface area contributed by atoms with Crippen molar-refractivity contribution < 1.29 is 22.0 Å². The number of hydrogen-bond donors (Lipinski definition) is 0. The van der Waals surface area contributed by atoms with Gasteiger partial charge in [-0.25, -0.2) is 23.1 Å². The lowest BCUT2D eigenvalue weighted by Crippen LogP contribution is -2.26. The van der Waals surface area contributed by atoms with Crippen LogP contribution in [0.5, 0.6) is 0 Å². The van der Waals surface area contributed by atoms with Crippen molar-refractivity contribution in [3.8, 4) is 0 Å². The number of hydrogen-bond acceptors (Lipinski definition) is 2. The van der Waals surface area contributed by atoms with Gasteiger partial charge in [-0.15, -0.1) is 0 Å². The summed E-state index contributed by atoms with van der Waals surface area (Å²) >= 11 is 5.51. The van der Waals surface area contributed by atoms with Crippen LogP contribution in [0.4, 0.5) is 22.0 Å². The Hall–Kier alpha value is -1.50. The number of halogens is 6. The molecule has 0 unspecified atom stereocenters. The van der Waals surface area contributed by atoms with E-state index < -0.39 is 29.1 Å². The molecule has 18 heavy (non-hydrogen) atoms. The first kappa shape index (κ1) is 12.9. The molecule has 0 atom stereocenters. The zero-order valence-corrected chi connectivity index (χ0v) is 9.23. The van der Waals surface area contributed by atoms with E-state index in [4.69, 9.17) is 11.6 Å². The second-order valence-electron chi connectivity index (χ2n) is 3.40. The predicted octanol–water partition coefficient (Wildman–Crippen LogP) is 3.78. The van der Waals surface area contributed by atoms with Crippen molar-refractivity contribution >= 4 is 22.5 Å².